The molecule has 1 amide bonds. The molecule has 0 aliphatic carbocycles. The smallest absolute Gasteiger partial charge is 0.434 e. The van der Waals surface area contributed by atoms with E-state index in [1.807, 2.05) is 33.8 Å². The quantitative estimate of drug-likeness (QED) is 0.544. The van der Waals surface area contributed by atoms with E-state index in [2.05, 4.69) is 20.8 Å². The second kappa shape index (κ2) is 8.92. The summed E-state index contributed by atoms with van der Waals surface area (Å²) in [4.78, 5) is 25.9. The van der Waals surface area contributed by atoms with Gasteiger partial charge in [0.2, 0.25) is 0 Å². The van der Waals surface area contributed by atoms with Crippen LogP contribution in [0.15, 0.2) is 6.07 Å². The summed E-state index contributed by atoms with van der Waals surface area (Å²) >= 11 is 0. The Morgan fingerprint density at radius 2 is 1.58 bits per heavy atom. The molecule has 0 radical (unpaired) electrons. The summed E-state index contributed by atoms with van der Waals surface area (Å²) in [5.74, 6) is 0.481. The van der Waals surface area contributed by atoms with E-state index in [-0.39, 0.29) is 23.5 Å². The minimum Gasteiger partial charge on any atom is -0.434 e. The fourth-order valence-corrected chi connectivity index (χ4v) is 2.76. The van der Waals surface area contributed by atoms with Gasteiger partial charge in [-0.15, -0.1) is 0 Å². The molecule has 0 heterocycles. The number of benzene rings is 1. The number of amides is 1. The maximum absolute atomic E-state index is 12.5. The van der Waals surface area contributed by atoms with Crippen LogP contribution in [0.5, 0.6) is 11.5 Å². The van der Waals surface area contributed by atoms with Crippen molar-refractivity contribution in [2.24, 2.45) is 0 Å². The zero-order chi connectivity index (χ0) is 20.1. The molecular weight excluding hydrogens is 334 g/mol. The zero-order valence-corrected chi connectivity index (χ0v) is 17.2. The van der Waals surface area contributed by atoms with Crippen molar-refractivity contribution in [3.63, 3.8) is 0 Å². The van der Waals surface area contributed by atoms with Crippen molar-refractivity contribution in [3.05, 3.63) is 22.8 Å². The van der Waals surface area contributed by atoms with E-state index in [0.717, 1.165) is 11.1 Å². The molecule has 146 valence electrons. The van der Waals surface area contributed by atoms with E-state index in [9.17, 15) is 9.59 Å². The molecule has 0 bridgehead atoms. The van der Waals surface area contributed by atoms with Crippen molar-refractivity contribution >= 4 is 12.2 Å². The Morgan fingerprint density at radius 3 is 2.04 bits per heavy atom. The highest BCUT2D eigenvalue weighted by molar-refractivity contribution is 5.75. The third-order valence-electron chi connectivity index (χ3n) is 4.14. The molecule has 0 saturated heterocycles. The number of hydrogen-bond donors (Lipinski definition) is 0. The van der Waals surface area contributed by atoms with E-state index < -0.39 is 12.2 Å². The highest BCUT2D eigenvalue weighted by Gasteiger charge is 2.27. The Balaban J connectivity index is 3.46. The van der Waals surface area contributed by atoms with Gasteiger partial charge < -0.3 is 19.1 Å². The van der Waals surface area contributed by atoms with Gasteiger partial charge in [-0.1, -0.05) is 26.8 Å². The van der Waals surface area contributed by atoms with Crippen LogP contribution in [0.1, 0.15) is 58.2 Å². The van der Waals surface area contributed by atoms with Crippen LogP contribution >= 0.6 is 0 Å². The summed E-state index contributed by atoms with van der Waals surface area (Å²) in [6.07, 6.45) is -1.30. The predicted octanol–water partition coefficient (Wildman–Crippen LogP) is 4.98. The summed E-state index contributed by atoms with van der Waals surface area (Å²) in [5.41, 5.74) is 2.33. The lowest BCUT2D eigenvalue weighted by Crippen LogP contribution is -2.33. The third-order valence-corrected chi connectivity index (χ3v) is 4.14. The van der Waals surface area contributed by atoms with Crippen LogP contribution in [0, 0.1) is 13.8 Å². The van der Waals surface area contributed by atoms with E-state index in [0.29, 0.717) is 18.7 Å². The molecule has 0 aliphatic rings. The Bertz CT molecular complexity index is 657. The fraction of sp³-hybridized carbons (Fsp3) is 0.600. The molecule has 1 rings (SSSR count). The number of carbonyl (C=O) groups is 2. The number of nitrogens with zero attached hydrogens (tertiary/aromatic N) is 1. The number of ether oxygens (including phenoxy) is 3. The third kappa shape index (κ3) is 5.13. The van der Waals surface area contributed by atoms with Crippen LogP contribution in [0.3, 0.4) is 0 Å². The Morgan fingerprint density at radius 1 is 1.00 bits per heavy atom. The highest BCUT2D eigenvalue weighted by atomic mass is 16.7. The molecule has 0 aliphatic heterocycles. The highest BCUT2D eigenvalue weighted by Crippen LogP contribution is 2.41. The summed E-state index contributed by atoms with van der Waals surface area (Å²) in [6, 6.07) is 1.96. The van der Waals surface area contributed by atoms with Gasteiger partial charge in [0.15, 0.2) is 11.5 Å². The Labute approximate surface area is 156 Å². The maximum Gasteiger partial charge on any atom is 0.513 e. The molecule has 0 fully saturated rings. The van der Waals surface area contributed by atoms with Crippen LogP contribution in [0.4, 0.5) is 9.59 Å². The van der Waals surface area contributed by atoms with E-state index in [1.54, 1.807) is 11.8 Å². The van der Waals surface area contributed by atoms with Gasteiger partial charge in [-0.2, -0.15) is 0 Å². The van der Waals surface area contributed by atoms with Gasteiger partial charge in [0.25, 0.3) is 0 Å². The topological polar surface area (TPSA) is 65.1 Å². The minimum atomic E-state index is -0.821. The van der Waals surface area contributed by atoms with Gasteiger partial charge in [0.05, 0.1) is 6.61 Å². The monoisotopic (exact) mass is 365 g/mol. The number of hydrogen-bond acceptors (Lipinski definition) is 5. The zero-order valence-electron chi connectivity index (χ0n) is 17.2. The number of carbonyl (C=O) groups excluding carboxylic acids is 2. The van der Waals surface area contributed by atoms with Crippen molar-refractivity contribution in [1.82, 2.24) is 4.90 Å². The van der Waals surface area contributed by atoms with Crippen LogP contribution < -0.4 is 9.47 Å². The van der Waals surface area contributed by atoms with Crippen LogP contribution in [-0.4, -0.2) is 36.8 Å². The first-order valence-corrected chi connectivity index (χ1v) is 9.02. The van der Waals surface area contributed by atoms with Crippen molar-refractivity contribution in [1.29, 1.82) is 0 Å². The molecule has 0 atom stereocenters. The Hall–Kier alpha value is -2.24. The SMILES string of the molecule is CCOC(=O)Oc1c(C)cc(C(C)(C)C)c(C)c1OC(=O)N(CC)CC. The molecule has 0 N–H and O–H groups in total. The molecular formula is C20H31NO5. The standard InChI is InChI=1S/C20H31NO5/c1-9-21(10-2)18(22)25-17-14(5)15(20(6,7)8)12-13(4)16(17)26-19(23)24-11-3/h12H,9-11H2,1-8H3. The largest absolute Gasteiger partial charge is 0.513 e. The second-order valence-electron chi connectivity index (χ2n) is 7.10. The van der Waals surface area contributed by atoms with Crippen molar-refractivity contribution < 1.29 is 23.8 Å². The first-order valence-electron chi connectivity index (χ1n) is 9.02. The van der Waals surface area contributed by atoms with Gasteiger partial charge >= 0.3 is 12.2 Å². The Kier molecular flexibility index (Phi) is 7.48. The average Bonchev–Trinajstić information content (AvgIpc) is 2.54. The van der Waals surface area contributed by atoms with Crippen LogP contribution in [0.2, 0.25) is 0 Å². The van der Waals surface area contributed by atoms with E-state index in [4.69, 9.17) is 14.2 Å². The average molecular weight is 365 g/mol. The summed E-state index contributed by atoms with van der Waals surface area (Å²) in [7, 11) is 0. The van der Waals surface area contributed by atoms with E-state index >= 15 is 0 Å². The van der Waals surface area contributed by atoms with Gasteiger partial charge in [0, 0.05) is 13.1 Å². The minimum absolute atomic E-state index is 0.159. The lowest BCUT2D eigenvalue weighted by atomic mass is 9.82. The fourth-order valence-electron chi connectivity index (χ4n) is 2.76. The lowest BCUT2D eigenvalue weighted by molar-refractivity contribution is 0.102. The molecule has 26 heavy (non-hydrogen) atoms. The first-order chi connectivity index (χ1) is 12.1. The molecule has 1 aromatic rings. The normalized spacial score (nSPS) is 11.1. The van der Waals surface area contributed by atoms with Gasteiger partial charge in [-0.25, -0.2) is 9.59 Å². The number of rotatable bonds is 5. The number of aryl methyl sites for hydroxylation is 1. The molecule has 0 unspecified atom stereocenters. The molecule has 6 nitrogen and oxygen atoms in total. The van der Waals surface area contributed by atoms with Gasteiger partial charge in [0.1, 0.15) is 0 Å². The van der Waals surface area contributed by atoms with Gasteiger partial charge in [-0.05, 0) is 56.7 Å². The second-order valence-corrected chi connectivity index (χ2v) is 7.10. The predicted molar refractivity (Wildman–Crippen MR) is 101 cm³/mol. The summed E-state index contributed by atoms with van der Waals surface area (Å²) < 4.78 is 15.9. The summed E-state index contributed by atoms with van der Waals surface area (Å²) in [6.45, 7) is 16.6. The molecule has 0 aromatic heterocycles. The molecule has 1 aromatic carbocycles. The molecule has 0 spiro atoms. The first kappa shape index (κ1) is 21.8. The molecule has 0 saturated carbocycles. The lowest BCUT2D eigenvalue weighted by Gasteiger charge is -2.26. The van der Waals surface area contributed by atoms with Crippen LogP contribution in [-0.2, 0) is 10.2 Å². The van der Waals surface area contributed by atoms with Crippen molar-refractivity contribution in [2.75, 3.05) is 19.7 Å². The van der Waals surface area contributed by atoms with E-state index in [1.165, 1.54) is 0 Å². The maximum atomic E-state index is 12.5. The summed E-state index contributed by atoms with van der Waals surface area (Å²) in [5, 5.41) is 0. The van der Waals surface area contributed by atoms with Crippen molar-refractivity contribution in [3.8, 4) is 11.5 Å². The van der Waals surface area contributed by atoms with Gasteiger partial charge in [-0.3, -0.25) is 0 Å². The van der Waals surface area contributed by atoms with Crippen LogP contribution in [0.25, 0.3) is 0 Å². The molecule has 6 heteroatoms. The van der Waals surface area contributed by atoms with Crippen molar-refractivity contribution in [2.45, 2.75) is 60.8 Å².